The number of amides is 1. The molecule has 0 radical (unpaired) electrons. The monoisotopic (exact) mass is 298 g/mol. The number of hydrogen-bond acceptors (Lipinski definition) is 3. The summed E-state index contributed by atoms with van der Waals surface area (Å²) in [4.78, 5) is 11.1. The van der Waals surface area contributed by atoms with Crippen molar-refractivity contribution < 1.29 is 9.18 Å². The maximum absolute atomic E-state index is 13.7. The Hall–Kier alpha value is -1.59. The molecular weight excluding hydrogens is 287 g/mol. The van der Waals surface area contributed by atoms with Crippen LogP contribution >= 0.6 is 22.9 Å². The SMILES string of the molecule is CC(Nc1cc(C(N)=O)ccc1F)c1csc(Cl)c1. The lowest BCUT2D eigenvalue weighted by Gasteiger charge is -2.15. The zero-order chi connectivity index (χ0) is 14.0. The Morgan fingerprint density at radius 1 is 1.47 bits per heavy atom. The van der Waals surface area contributed by atoms with Crippen molar-refractivity contribution in [2.24, 2.45) is 5.73 Å². The zero-order valence-electron chi connectivity index (χ0n) is 10.1. The molecule has 3 N–H and O–H groups in total. The Morgan fingerprint density at radius 3 is 2.79 bits per heavy atom. The predicted octanol–water partition coefficient (Wildman–Crippen LogP) is 3.81. The second kappa shape index (κ2) is 5.59. The molecule has 1 aromatic carbocycles. The van der Waals surface area contributed by atoms with Gasteiger partial charge in [0.15, 0.2) is 0 Å². The third-order valence-electron chi connectivity index (χ3n) is 2.71. The van der Waals surface area contributed by atoms with Gasteiger partial charge in [-0.15, -0.1) is 11.3 Å². The highest BCUT2D eigenvalue weighted by atomic mass is 35.5. The van der Waals surface area contributed by atoms with Gasteiger partial charge >= 0.3 is 0 Å². The lowest BCUT2D eigenvalue weighted by molar-refractivity contribution is 0.100. The molecule has 0 saturated carbocycles. The maximum atomic E-state index is 13.7. The summed E-state index contributed by atoms with van der Waals surface area (Å²) in [6.07, 6.45) is 0. The molecule has 19 heavy (non-hydrogen) atoms. The number of carbonyl (C=O) groups excluding carboxylic acids is 1. The van der Waals surface area contributed by atoms with Crippen LogP contribution in [0.4, 0.5) is 10.1 Å². The van der Waals surface area contributed by atoms with Crippen LogP contribution < -0.4 is 11.1 Å². The molecule has 1 amide bonds. The van der Waals surface area contributed by atoms with Crippen LogP contribution in [0.15, 0.2) is 29.6 Å². The molecule has 0 bridgehead atoms. The van der Waals surface area contributed by atoms with Gasteiger partial charge in [-0.05, 0) is 42.1 Å². The minimum atomic E-state index is -0.589. The average molecular weight is 299 g/mol. The number of primary amides is 1. The van der Waals surface area contributed by atoms with Gasteiger partial charge in [0.2, 0.25) is 5.91 Å². The second-order valence-electron chi connectivity index (χ2n) is 4.11. The lowest BCUT2D eigenvalue weighted by Crippen LogP contribution is -2.13. The van der Waals surface area contributed by atoms with Gasteiger partial charge in [-0.1, -0.05) is 11.6 Å². The van der Waals surface area contributed by atoms with Gasteiger partial charge in [-0.2, -0.15) is 0 Å². The molecule has 100 valence electrons. The van der Waals surface area contributed by atoms with Gasteiger partial charge in [0.25, 0.3) is 0 Å². The molecule has 1 atom stereocenters. The number of nitrogens with one attached hydrogen (secondary N) is 1. The maximum Gasteiger partial charge on any atom is 0.248 e. The number of anilines is 1. The summed E-state index contributed by atoms with van der Waals surface area (Å²) < 4.78 is 14.4. The Kier molecular flexibility index (Phi) is 4.07. The molecule has 1 aromatic heterocycles. The van der Waals surface area contributed by atoms with Crippen molar-refractivity contribution in [3.05, 3.63) is 50.9 Å². The van der Waals surface area contributed by atoms with Crippen molar-refractivity contribution in [3.8, 4) is 0 Å². The van der Waals surface area contributed by atoms with Crippen molar-refractivity contribution in [2.45, 2.75) is 13.0 Å². The number of hydrogen-bond donors (Lipinski definition) is 2. The number of halogens is 2. The first kappa shape index (κ1) is 13.8. The molecule has 0 aliphatic rings. The van der Waals surface area contributed by atoms with Crippen LogP contribution in [0, 0.1) is 5.82 Å². The summed E-state index contributed by atoms with van der Waals surface area (Å²) >= 11 is 7.27. The summed E-state index contributed by atoms with van der Waals surface area (Å²) in [5, 5.41) is 4.90. The van der Waals surface area contributed by atoms with Crippen molar-refractivity contribution in [3.63, 3.8) is 0 Å². The van der Waals surface area contributed by atoms with E-state index in [4.69, 9.17) is 17.3 Å². The molecule has 0 saturated heterocycles. The average Bonchev–Trinajstić information content (AvgIpc) is 2.78. The van der Waals surface area contributed by atoms with Gasteiger partial charge in [-0.3, -0.25) is 4.79 Å². The molecule has 0 fully saturated rings. The highest BCUT2D eigenvalue weighted by molar-refractivity contribution is 7.14. The van der Waals surface area contributed by atoms with Crippen LogP contribution in [0.25, 0.3) is 0 Å². The van der Waals surface area contributed by atoms with Gasteiger partial charge in [-0.25, -0.2) is 4.39 Å². The third kappa shape index (κ3) is 3.24. The van der Waals surface area contributed by atoms with Crippen molar-refractivity contribution in [2.75, 3.05) is 5.32 Å². The van der Waals surface area contributed by atoms with Crippen LogP contribution in [0.1, 0.15) is 28.9 Å². The lowest BCUT2D eigenvalue weighted by atomic mass is 10.1. The number of rotatable bonds is 4. The summed E-state index contributed by atoms with van der Waals surface area (Å²) in [6, 6.07) is 5.67. The van der Waals surface area contributed by atoms with E-state index in [1.807, 2.05) is 18.4 Å². The molecule has 0 aliphatic heterocycles. The van der Waals surface area contributed by atoms with E-state index in [0.717, 1.165) is 5.56 Å². The fraction of sp³-hybridized carbons (Fsp3) is 0.154. The van der Waals surface area contributed by atoms with Crippen LogP contribution in [0.3, 0.4) is 0 Å². The molecule has 3 nitrogen and oxygen atoms in total. The first-order chi connectivity index (χ1) is 8.97. The molecule has 0 spiro atoms. The van der Waals surface area contributed by atoms with E-state index < -0.39 is 11.7 Å². The molecule has 0 aliphatic carbocycles. The van der Waals surface area contributed by atoms with Crippen LogP contribution in [0.2, 0.25) is 4.34 Å². The van der Waals surface area contributed by atoms with Crippen LogP contribution in [-0.4, -0.2) is 5.91 Å². The molecule has 2 aromatic rings. The van der Waals surface area contributed by atoms with Crippen LogP contribution in [-0.2, 0) is 0 Å². The number of benzene rings is 1. The number of carbonyl (C=O) groups is 1. The fourth-order valence-electron chi connectivity index (χ4n) is 1.66. The van der Waals surface area contributed by atoms with E-state index >= 15 is 0 Å². The van der Waals surface area contributed by atoms with E-state index in [9.17, 15) is 9.18 Å². The van der Waals surface area contributed by atoms with E-state index in [-0.39, 0.29) is 17.3 Å². The molecule has 2 rings (SSSR count). The largest absolute Gasteiger partial charge is 0.376 e. The Bertz CT molecular complexity index is 614. The predicted molar refractivity (Wildman–Crippen MR) is 76.3 cm³/mol. The Morgan fingerprint density at radius 2 is 2.21 bits per heavy atom. The zero-order valence-corrected chi connectivity index (χ0v) is 11.7. The first-order valence-corrected chi connectivity index (χ1v) is 6.83. The van der Waals surface area contributed by atoms with Crippen molar-refractivity contribution in [1.29, 1.82) is 0 Å². The quantitative estimate of drug-likeness (QED) is 0.901. The van der Waals surface area contributed by atoms with Gasteiger partial charge in [0.1, 0.15) is 5.82 Å². The minimum Gasteiger partial charge on any atom is -0.376 e. The molecule has 1 heterocycles. The smallest absolute Gasteiger partial charge is 0.248 e. The molecule has 1 unspecified atom stereocenters. The molecular formula is C13H12ClFN2OS. The second-order valence-corrected chi connectivity index (χ2v) is 5.65. The molecule has 6 heteroatoms. The van der Waals surface area contributed by atoms with Gasteiger partial charge < -0.3 is 11.1 Å². The van der Waals surface area contributed by atoms with E-state index in [1.54, 1.807) is 0 Å². The Balaban J connectivity index is 2.22. The standard InChI is InChI=1S/C13H12ClFN2OS/c1-7(9-5-12(14)19-6-9)17-11-4-8(13(16)18)2-3-10(11)15/h2-7,17H,1H3,(H2,16,18). The Labute approximate surface area is 119 Å². The van der Waals surface area contributed by atoms with Crippen LogP contribution in [0.5, 0.6) is 0 Å². The third-order valence-corrected chi connectivity index (χ3v) is 3.82. The van der Waals surface area contributed by atoms with E-state index in [2.05, 4.69) is 5.32 Å². The van der Waals surface area contributed by atoms with Gasteiger partial charge in [0, 0.05) is 11.6 Å². The highest BCUT2D eigenvalue weighted by Crippen LogP contribution is 2.28. The van der Waals surface area contributed by atoms with Crippen molar-refractivity contribution >= 4 is 34.5 Å². The van der Waals surface area contributed by atoms with E-state index in [0.29, 0.717) is 4.34 Å². The van der Waals surface area contributed by atoms with Crippen molar-refractivity contribution in [1.82, 2.24) is 0 Å². The fourth-order valence-corrected chi connectivity index (χ4v) is 2.64. The van der Waals surface area contributed by atoms with E-state index in [1.165, 1.54) is 29.5 Å². The van der Waals surface area contributed by atoms with Gasteiger partial charge in [0.05, 0.1) is 10.0 Å². The number of nitrogens with two attached hydrogens (primary N) is 1. The topological polar surface area (TPSA) is 55.1 Å². The summed E-state index contributed by atoms with van der Waals surface area (Å²) in [5.74, 6) is -1.02. The highest BCUT2D eigenvalue weighted by Gasteiger charge is 2.12. The minimum absolute atomic E-state index is 0.124. The normalized spacial score (nSPS) is 12.2. The summed E-state index contributed by atoms with van der Waals surface area (Å²) in [7, 11) is 0. The summed E-state index contributed by atoms with van der Waals surface area (Å²) in [5.41, 5.74) is 6.64. The first-order valence-electron chi connectivity index (χ1n) is 5.57. The summed E-state index contributed by atoms with van der Waals surface area (Å²) in [6.45, 7) is 1.88. The number of thiophene rings is 1.